The van der Waals surface area contributed by atoms with E-state index in [1.54, 1.807) is 13.3 Å². The lowest BCUT2D eigenvalue weighted by Gasteiger charge is -2.10. The summed E-state index contributed by atoms with van der Waals surface area (Å²) in [4.78, 5) is 4.28. The van der Waals surface area contributed by atoms with Gasteiger partial charge in [-0.3, -0.25) is 0 Å². The van der Waals surface area contributed by atoms with E-state index in [0.29, 0.717) is 12.2 Å². The van der Waals surface area contributed by atoms with Crippen molar-refractivity contribution < 1.29 is 4.74 Å². The molecule has 0 saturated heterocycles. The number of pyridine rings is 1. The molecular formula is C14H16BrN3O. The fourth-order valence-electron chi connectivity index (χ4n) is 1.79. The van der Waals surface area contributed by atoms with Crippen LogP contribution in [0, 0.1) is 6.92 Å². The van der Waals surface area contributed by atoms with Crippen molar-refractivity contribution in [2.24, 2.45) is 0 Å². The minimum Gasteiger partial charge on any atom is -0.496 e. The van der Waals surface area contributed by atoms with E-state index in [2.05, 4.69) is 26.2 Å². The Balaban J connectivity index is 2.08. The second-order valence-corrected chi connectivity index (χ2v) is 5.11. The van der Waals surface area contributed by atoms with Crippen LogP contribution in [0.15, 0.2) is 34.9 Å². The van der Waals surface area contributed by atoms with E-state index >= 15 is 0 Å². The third kappa shape index (κ3) is 3.38. The van der Waals surface area contributed by atoms with Crippen LogP contribution in [0.5, 0.6) is 5.75 Å². The summed E-state index contributed by atoms with van der Waals surface area (Å²) >= 11 is 3.47. The predicted octanol–water partition coefficient (Wildman–Crippen LogP) is 3.36. The highest BCUT2D eigenvalue weighted by atomic mass is 79.9. The smallest absolute Gasteiger partial charge is 0.133 e. The van der Waals surface area contributed by atoms with Crippen LogP contribution in [-0.2, 0) is 6.54 Å². The number of rotatable bonds is 4. The zero-order valence-corrected chi connectivity index (χ0v) is 12.5. The second kappa shape index (κ2) is 5.93. The molecule has 0 saturated carbocycles. The molecule has 0 bridgehead atoms. The van der Waals surface area contributed by atoms with Crippen LogP contribution in [0.4, 0.5) is 11.5 Å². The number of anilines is 2. The lowest BCUT2D eigenvalue weighted by molar-refractivity contribution is 0.412. The van der Waals surface area contributed by atoms with E-state index in [1.165, 1.54) is 0 Å². The number of ether oxygens (including phenoxy) is 1. The molecule has 1 heterocycles. The van der Waals surface area contributed by atoms with Crippen LogP contribution in [0.2, 0.25) is 0 Å². The number of benzene rings is 1. The van der Waals surface area contributed by atoms with Crippen LogP contribution in [0.1, 0.15) is 11.1 Å². The number of halogens is 1. The first kappa shape index (κ1) is 13.7. The van der Waals surface area contributed by atoms with Gasteiger partial charge in [0.15, 0.2) is 0 Å². The molecule has 2 rings (SSSR count). The number of nitrogens with one attached hydrogen (secondary N) is 1. The quantitative estimate of drug-likeness (QED) is 0.906. The zero-order chi connectivity index (χ0) is 13.8. The Labute approximate surface area is 121 Å². The first-order valence-electron chi connectivity index (χ1n) is 5.88. The van der Waals surface area contributed by atoms with E-state index in [-0.39, 0.29) is 0 Å². The van der Waals surface area contributed by atoms with Gasteiger partial charge in [0.1, 0.15) is 11.6 Å². The van der Waals surface area contributed by atoms with Crippen molar-refractivity contribution in [1.29, 1.82) is 0 Å². The minimum absolute atomic E-state index is 0.676. The molecule has 19 heavy (non-hydrogen) atoms. The summed E-state index contributed by atoms with van der Waals surface area (Å²) < 4.78 is 6.14. The highest BCUT2D eigenvalue weighted by molar-refractivity contribution is 9.10. The number of nitrogens with zero attached hydrogens (tertiary/aromatic N) is 1. The molecule has 0 amide bonds. The zero-order valence-electron chi connectivity index (χ0n) is 10.9. The summed E-state index contributed by atoms with van der Waals surface area (Å²) in [5.74, 6) is 1.67. The van der Waals surface area contributed by atoms with Crippen LogP contribution in [0.25, 0.3) is 0 Å². The van der Waals surface area contributed by atoms with Crippen molar-refractivity contribution in [3.63, 3.8) is 0 Å². The van der Waals surface area contributed by atoms with Gasteiger partial charge in [0, 0.05) is 6.54 Å². The number of nitrogen functional groups attached to an aromatic ring is 1. The number of aryl methyl sites for hydroxylation is 1. The van der Waals surface area contributed by atoms with E-state index in [1.807, 2.05) is 31.2 Å². The summed E-state index contributed by atoms with van der Waals surface area (Å²) in [5.41, 5.74) is 8.53. The number of methoxy groups -OCH3 is 1. The first-order valence-corrected chi connectivity index (χ1v) is 6.68. The molecule has 0 unspecified atom stereocenters. The highest BCUT2D eigenvalue weighted by Gasteiger charge is 2.03. The Kier molecular flexibility index (Phi) is 4.27. The predicted molar refractivity (Wildman–Crippen MR) is 81.4 cm³/mol. The van der Waals surface area contributed by atoms with Gasteiger partial charge in [0.25, 0.3) is 0 Å². The van der Waals surface area contributed by atoms with Crippen molar-refractivity contribution in [2.75, 3.05) is 18.2 Å². The molecule has 1 aromatic carbocycles. The summed E-state index contributed by atoms with van der Waals surface area (Å²) in [7, 11) is 1.65. The SMILES string of the molecule is COc1ccc(CNc2ncc(N)cc2C)cc1Br. The standard InChI is InChI=1S/C14H16BrN3O/c1-9-5-11(16)8-18-14(9)17-7-10-3-4-13(19-2)12(15)6-10/h3-6,8H,7,16H2,1-2H3,(H,17,18). The number of aromatic nitrogens is 1. The van der Waals surface area contributed by atoms with Crippen LogP contribution in [0.3, 0.4) is 0 Å². The van der Waals surface area contributed by atoms with E-state index in [0.717, 1.165) is 27.2 Å². The average molecular weight is 322 g/mol. The second-order valence-electron chi connectivity index (χ2n) is 4.26. The van der Waals surface area contributed by atoms with Crippen LogP contribution in [-0.4, -0.2) is 12.1 Å². The van der Waals surface area contributed by atoms with Gasteiger partial charge in [0.2, 0.25) is 0 Å². The maximum Gasteiger partial charge on any atom is 0.133 e. The van der Waals surface area contributed by atoms with Gasteiger partial charge in [-0.25, -0.2) is 4.98 Å². The number of hydrogen-bond donors (Lipinski definition) is 2. The normalized spacial score (nSPS) is 10.3. The molecule has 4 nitrogen and oxygen atoms in total. The Morgan fingerprint density at radius 3 is 2.79 bits per heavy atom. The monoisotopic (exact) mass is 321 g/mol. The molecule has 0 fully saturated rings. The first-order chi connectivity index (χ1) is 9.10. The molecule has 5 heteroatoms. The van der Waals surface area contributed by atoms with Crippen molar-refractivity contribution >= 4 is 27.4 Å². The van der Waals surface area contributed by atoms with Crippen LogP contribution < -0.4 is 15.8 Å². The maximum absolute atomic E-state index is 5.68. The molecule has 1 aromatic heterocycles. The number of hydrogen-bond acceptors (Lipinski definition) is 4. The van der Waals surface area contributed by atoms with Gasteiger partial charge in [-0.2, -0.15) is 0 Å². The largest absolute Gasteiger partial charge is 0.496 e. The van der Waals surface area contributed by atoms with Gasteiger partial charge >= 0.3 is 0 Å². The third-order valence-corrected chi connectivity index (χ3v) is 3.40. The third-order valence-electron chi connectivity index (χ3n) is 2.78. The maximum atomic E-state index is 5.68. The average Bonchev–Trinajstić information content (AvgIpc) is 2.38. The molecule has 0 aliphatic heterocycles. The molecule has 3 N–H and O–H groups in total. The van der Waals surface area contributed by atoms with E-state index in [4.69, 9.17) is 10.5 Å². The van der Waals surface area contributed by atoms with Gasteiger partial charge in [-0.15, -0.1) is 0 Å². The lowest BCUT2D eigenvalue weighted by Crippen LogP contribution is -2.04. The molecule has 0 radical (unpaired) electrons. The number of nitrogens with two attached hydrogens (primary N) is 1. The van der Waals surface area contributed by atoms with Gasteiger partial charge in [-0.1, -0.05) is 6.07 Å². The minimum atomic E-state index is 0.676. The van der Waals surface area contributed by atoms with E-state index < -0.39 is 0 Å². The molecule has 100 valence electrons. The Hall–Kier alpha value is -1.75. The highest BCUT2D eigenvalue weighted by Crippen LogP contribution is 2.26. The summed E-state index contributed by atoms with van der Waals surface area (Å²) in [6, 6.07) is 7.88. The topological polar surface area (TPSA) is 60.2 Å². The lowest BCUT2D eigenvalue weighted by atomic mass is 10.2. The Morgan fingerprint density at radius 2 is 2.16 bits per heavy atom. The summed E-state index contributed by atoms with van der Waals surface area (Å²) in [6.07, 6.45) is 1.65. The Bertz CT molecular complexity index is 587. The molecule has 0 atom stereocenters. The molecule has 0 aliphatic carbocycles. The van der Waals surface area contributed by atoms with Gasteiger partial charge in [-0.05, 0) is 52.2 Å². The van der Waals surface area contributed by atoms with Gasteiger partial charge in [0.05, 0.1) is 23.5 Å². The molecule has 0 aliphatic rings. The van der Waals surface area contributed by atoms with Crippen LogP contribution >= 0.6 is 15.9 Å². The van der Waals surface area contributed by atoms with Crippen molar-refractivity contribution in [1.82, 2.24) is 4.98 Å². The van der Waals surface area contributed by atoms with Crippen molar-refractivity contribution in [3.05, 3.63) is 46.1 Å². The fraction of sp³-hybridized carbons (Fsp3) is 0.214. The van der Waals surface area contributed by atoms with Gasteiger partial charge < -0.3 is 15.8 Å². The Morgan fingerprint density at radius 1 is 1.37 bits per heavy atom. The van der Waals surface area contributed by atoms with Crippen molar-refractivity contribution in [3.8, 4) is 5.75 Å². The van der Waals surface area contributed by atoms with Crippen molar-refractivity contribution in [2.45, 2.75) is 13.5 Å². The molecule has 2 aromatic rings. The summed E-state index contributed by atoms with van der Waals surface area (Å²) in [5, 5.41) is 3.29. The molecular weight excluding hydrogens is 306 g/mol. The fourth-order valence-corrected chi connectivity index (χ4v) is 2.38. The molecule has 0 spiro atoms. The van der Waals surface area contributed by atoms with E-state index in [9.17, 15) is 0 Å². The summed E-state index contributed by atoms with van der Waals surface area (Å²) in [6.45, 7) is 2.68.